The lowest BCUT2D eigenvalue weighted by Crippen LogP contribution is -2.03. The van der Waals surface area contributed by atoms with Gasteiger partial charge in [0.2, 0.25) is 0 Å². The van der Waals surface area contributed by atoms with E-state index < -0.39 is 0 Å². The number of benzene rings is 2. The minimum atomic E-state index is 0.0930. The maximum atomic E-state index is 12.2. The standard InChI is InChI=1S/C16H14BrClO2S/c1-20-16-7-6-11(8-13(16)17)15(19)10-21-9-12-4-2-3-5-14(12)18/h2-8H,9-10H2,1H3. The molecule has 0 saturated heterocycles. The van der Waals surface area contributed by atoms with Gasteiger partial charge in [0.1, 0.15) is 5.75 Å². The van der Waals surface area contributed by atoms with E-state index >= 15 is 0 Å². The van der Waals surface area contributed by atoms with Gasteiger partial charge in [0, 0.05) is 16.3 Å². The van der Waals surface area contributed by atoms with Gasteiger partial charge in [-0.25, -0.2) is 0 Å². The van der Waals surface area contributed by atoms with E-state index in [2.05, 4.69) is 15.9 Å². The van der Waals surface area contributed by atoms with Gasteiger partial charge in [0.05, 0.1) is 17.3 Å². The highest BCUT2D eigenvalue weighted by Crippen LogP contribution is 2.26. The van der Waals surface area contributed by atoms with Crippen molar-refractivity contribution in [3.63, 3.8) is 0 Å². The van der Waals surface area contributed by atoms with Crippen LogP contribution < -0.4 is 4.74 Å². The first-order valence-corrected chi connectivity index (χ1v) is 8.62. The number of Topliss-reactive ketones (excluding diaryl/α,β-unsaturated/α-hetero) is 1. The minimum Gasteiger partial charge on any atom is -0.496 e. The van der Waals surface area contributed by atoms with E-state index in [1.807, 2.05) is 24.3 Å². The van der Waals surface area contributed by atoms with Gasteiger partial charge in [0.15, 0.2) is 5.78 Å². The van der Waals surface area contributed by atoms with Crippen LogP contribution in [0, 0.1) is 0 Å². The number of carbonyl (C=O) groups is 1. The second kappa shape index (κ2) is 7.87. The molecule has 0 N–H and O–H groups in total. The van der Waals surface area contributed by atoms with Crippen molar-refractivity contribution < 1.29 is 9.53 Å². The molecule has 0 aliphatic rings. The Labute approximate surface area is 142 Å². The third-order valence-electron chi connectivity index (χ3n) is 2.92. The summed E-state index contributed by atoms with van der Waals surface area (Å²) < 4.78 is 5.94. The summed E-state index contributed by atoms with van der Waals surface area (Å²) in [5, 5.41) is 0.740. The topological polar surface area (TPSA) is 26.3 Å². The molecule has 0 bridgehead atoms. The molecule has 2 rings (SSSR count). The van der Waals surface area contributed by atoms with Crippen molar-refractivity contribution in [2.45, 2.75) is 5.75 Å². The molecular formula is C16H14BrClO2S. The Balaban J connectivity index is 1.93. The van der Waals surface area contributed by atoms with E-state index in [1.165, 1.54) is 0 Å². The molecule has 110 valence electrons. The fourth-order valence-corrected chi connectivity index (χ4v) is 3.54. The van der Waals surface area contributed by atoms with E-state index in [-0.39, 0.29) is 5.78 Å². The summed E-state index contributed by atoms with van der Waals surface area (Å²) in [5.41, 5.74) is 1.72. The molecule has 0 aliphatic carbocycles. The van der Waals surface area contributed by atoms with E-state index in [0.717, 1.165) is 26.6 Å². The Hall–Kier alpha value is -0.970. The van der Waals surface area contributed by atoms with Crippen LogP contribution >= 0.6 is 39.3 Å². The first-order valence-electron chi connectivity index (χ1n) is 6.29. The number of rotatable bonds is 6. The van der Waals surface area contributed by atoms with E-state index in [0.29, 0.717) is 11.3 Å². The molecule has 0 spiro atoms. The normalized spacial score (nSPS) is 10.4. The van der Waals surface area contributed by atoms with Crippen molar-refractivity contribution in [2.75, 3.05) is 12.9 Å². The molecule has 2 aromatic carbocycles. The smallest absolute Gasteiger partial charge is 0.172 e. The van der Waals surface area contributed by atoms with Crippen LogP contribution in [0.25, 0.3) is 0 Å². The zero-order valence-corrected chi connectivity index (χ0v) is 14.6. The molecule has 0 atom stereocenters. The summed E-state index contributed by atoms with van der Waals surface area (Å²) in [4.78, 5) is 12.2. The maximum Gasteiger partial charge on any atom is 0.172 e. The van der Waals surface area contributed by atoms with Crippen LogP contribution in [0.15, 0.2) is 46.9 Å². The number of methoxy groups -OCH3 is 1. The number of carbonyl (C=O) groups excluding carboxylic acids is 1. The zero-order valence-electron chi connectivity index (χ0n) is 11.4. The van der Waals surface area contributed by atoms with Crippen molar-refractivity contribution in [1.82, 2.24) is 0 Å². The maximum absolute atomic E-state index is 12.2. The Kier molecular flexibility index (Phi) is 6.15. The number of ketones is 1. The highest BCUT2D eigenvalue weighted by atomic mass is 79.9. The molecule has 0 fully saturated rings. The number of hydrogen-bond acceptors (Lipinski definition) is 3. The first-order chi connectivity index (χ1) is 10.1. The van der Waals surface area contributed by atoms with Gasteiger partial charge >= 0.3 is 0 Å². The third kappa shape index (κ3) is 4.50. The zero-order chi connectivity index (χ0) is 15.2. The monoisotopic (exact) mass is 384 g/mol. The molecule has 0 unspecified atom stereocenters. The number of ether oxygens (including phenoxy) is 1. The molecule has 5 heteroatoms. The van der Waals surface area contributed by atoms with Gasteiger partial charge in [-0.3, -0.25) is 4.79 Å². The Morgan fingerprint density at radius 3 is 2.71 bits per heavy atom. The predicted molar refractivity (Wildman–Crippen MR) is 92.6 cm³/mol. The Morgan fingerprint density at radius 2 is 2.05 bits per heavy atom. The van der Waals surface area contributed by atoms with E-state index in [1.54, 1.807) is 37.1 Å². The third-order valence-corrected chi connectivity index (χ3v) is 4.89. The van der Waals surface area contributed by atoms with Gasteiger partial charge < -0.3 is 4.74 Å². The number of halogens is 2. The quantitative estimate of drug-likeness (QED) is 0.637. The molecule has 0 heterocycles. The average molecular weight is 386 g/mol. The van der Waals surface area contributed by atoms with Gasteiger partial charge in [-0.2, -0.15) is 0 Å². The van der Waals surface area contributed by atoms with Crippen LogP contribution in [0.4, 0.5) is 0 Å². The summed E-state index contributed by atoms with van der Waals surface area (Å²) in [6, 6.07) is 13.0. The van der Waals surface area contributed by atoms with Crippen molar-refractivity contribution in [3.8, 4) is 5.75 Å². The van der Waals surface area contributed by atoms with Crippen LogP contribution in [-0.2, 0) is 5.75 Å². The molecule has 0 aromatic heterocycles. The summed E-state index contributed by atoms with van der Waals surface area (Å²) >= 11 is 11.0. The van der Waals surface area contributed by atoms with Gasteiger partial charge in [-0.05, 0) is 45.8 Å². The number of hydrogen-bond donors (Lipinski definition) is 0. The molecule has 0 saturated carbocycles. The van der Waals surface area contributed by atoms with Crippen molar-refractivity contribution >= 4 is 45.1 Å². The summed E-state index contributed by atoms with van der Waals surface area (Å²) in [6.07, 6.45) is 0. The molecular weight excluding hydrogens is 372 g/mol. The molecule has 0 radical (unpaired) electrons. The highest BCUT2D eigenvalue weighted by Gasteiger charge is 2.09. The SMILES string of the molecule is COc1ccc(C(=O)CSCc2ccccc2Cl)cc1Br. The Bertz CT molecular complexity index is 646. The lowest BCUT2D eigenvalue weighted by atomic mass is 10.1. The van der Waals surface area contributed by atoms with Crippen molar-refractivity contribution in [3.05, 3.63) is 63.1 Å². The molecule has 0 amide bonds. The predicted octanol–water partition coefficient (Wildman–Crippen LogP) is 5.23. The summed E-state index contributed by atoms with van der Waals surface area (Å²) in [5.74, 6) is 1.96. The van der Waals surface area contributed by atoms with Crippen LogP contribution in [0.3, 0.4) is 0 Å². The van der Waals surface area contributed by atoms with Crippen molar-refractivity contribution in [2.24, 2.45) is 0 Å². The molecule has 21 heavy (non-hydrogen) atoms. The van der Waals surface area contributed by atoms with Crippen molar-refractivity contribution in [1.29, 1.82) is 0 Å². The van der Waals surface area contributed by atoms with E-state index in [4.69, 9.17) is 16.3 Å². The lowest BCUT2D eigenvalue weighted by molar-refractivity contribution is 0.102. The Morgan fingerprint density at radius 1 is 1.29 bits per heavy atom. The molecule has 0 aliphatic heterocycles. The second-order valence-electron chi connectivity index (χ2n) is 4.36. The van der Waals surface area contributed by atoms with Gasteiger partial charge in [-0.15, -0.1) is 11.8 Å². The second-order valence-corrected chi connectivity index (χ2v) is 6.60. The van der Waals surface area contributed by atoms with Gasteiger partial charge in [0.25, 0.3) is 0 Å². The average Bonchev–Trinajstić information content (AvgIpc) is 2.49. The lowest BCUT2D eigenvalue weighted by Gasteiger charge is -2.06. The van der Waals surface area contributed by atoms with Gasteiger partial charge in [-0.1, -0.05) is 29.8 Å². The summed E-state index contributed by atoms with van der Waals surface area (Å²) in [6.45, 7) is 0. The largest absolute Gasteiger partial charge is 0.496 e. The minimum absolute atomic E-state index is 0.0930. The first kappa shape index (κ1) is 16.4. The fraction of sp³-hybridized carbons (Fsp3) is 0.188. The van der Waals surface area contributed by atoms with Crippen LogP contribution in [0.2, 0.25) is 5.02 Å². The van der Waals surface area contributed by atoms with E-state index in [9.17, 15) is 4.79 Å². The van der Waals surface area contributed by atoms with Crippen LogP contribution in [0.5, 0.6) is 5.75 Å². The molecule has 2 nitrogen and oxygen atoms in total. The summed E-state index contributed by atoms with van der Waals surface area (Å²) in [7, 11) is 1.60. The fourth-order valence-electron chi connectivity index (χ4n) is 1.79. The molecule has 2 aromatic rings. The van der Waals surface area contributed by atoms with Crippen LogP contribution in [-0.4, -0.2) is 18.6 Å². The van der Waals surface area contributed by atoms with Crippen LogP contribution in [0.1, 0.15) is 15.9 Å². The number of thioether (sulfide) groups is 1. The highest BCUT2D eigenvalue weighted by molar-refractivity contribution is 9.10.